The van der Waals surface area contributed by atoms with Gasteiger partial charge in [-0.05, 0) is 32.4 Å². The molecular weight excluding hydrogens is 540 g/mol. The Morgan fingerprint density at radius 3 is 2.71 bits per heavy atom. The normalized spacial score (nSPS) is 23.8. The number of alkyl halides is 2. The SMILES string of the molecule is CCOc1cnc(NC(=O)N(C)[C@H]2CN(c3nccc(NC(=O)OC4CCN[C@H](CC)[C@@H]4C)n3)CCC2(F)F)cn1. The van der Waals surface area contributed by atoms with Crippen LogP contribution in [0.15, 0.2) is 24.7 Å². The zero-order chi connectivity index (χ0) is 29.6. The number of nitrogens with zero attached hydrogens (tertiary/aromatic N) is 6. The molecule has 4 rings (SSSR count). The number of hydrogen-bond donors (Lipinski definition) is 3. The molecule has 0 spiro atoms. The van der Waals surface area contributed by atoms with Gasteiger partial charge in [0.25, 0.3) is 5.92 Å². The van der Waals surface area contributed by atoms with E-state index >= 15 is 0 Å². The zero-order valence-corrected chi connectivity index (χ0v) is 23.6. The lowest BCUT2D eigenvalue weighted by molar-refractivity contribution is -0.0760. The number of anilines is 3. The van der Waals surface area contributed by atoms with Gasteiger partial charge in [-0.15, -0.1) is 0 Å². The maximum Gasteiger partial charge on any atom is 0.413 e. The molecular formula is C26H37F2N9O4. The predicted octanol–water partition coefficient (Wildman–Crippen LogP) is 3.37. The van der Waals surface area contributed by atoms with Crippen LogP contribution in [-0.4, -0.2) is 94.4 Å². The number of rotatable bonds is 8. The van der Waals surface area contributed by atoms with Crippen LogP contribution in [-0.2, 0) is 4.74 Å². The van der Waals surface area contributed by atoms with E-state index in [1.807, 2.05) is 6.92 Å². The molecule has 41 heavy (non-hydrogen) atoms. The second kappa shape index (κ2) is 13.2. The first-order valence-corrected chi connectivity index (χ1v) is 13.8. The van der Waals surface area contributed by atoms with E-state index in [1.165, 1.54) is 31.7 Å². The summed E-state index contributed by atoms with van der Waals surface area (Å²) >= 11 is 0. The largest absolute Gasteiger partial charge is 0.477 e. The molecule has 0 bridgehead atoms. The number of urea groups is 1. The molecule has 3 amide bonds. The van der Waals surface area contributed by atoms with Crippen LogP contribution in [0.1, 0.15) is 40.0 Å². The van der Waals surface area contributed by atoms with Gasteiger partial charge >= 0.3 is 12.1 Å². The van der Waals surface area contributed by atoms with Crippen LogP contribution >= 0.6 is 0 Å². The lowest BCUT2D eigenvalue weighted by atomic mass is 9.88. The minimum Gasteiger partial charge on any atom is -0.477 e. The van der Waals surface area contributed by atoms with Gasteiger partial charge in [0.15, 0.2) is 5.82 Å². The number of hydrogen-bond acceptors (Lipinski definition) is 10. The third kappa shape index (κ3) is 7.45. The van der Waals surface area contributed by atoms with E-state index in [2.05, 4.69) is 42.8 Å². The Labute approximate surface area is 237 Å². The summed E-state index contributed by atoms with van der Waals surface area (Å²) in [6, 6.07) is -0.484. The number of likely N-dealkylation sites (N-methyl/N-ethyl adjacent to an activating group) is 1. The Balaban J connectivity index is 1.38. The molecule has 3 N–H and O–H groups in total. The Kier molecular flexibility index (Phi) is 9.68. The van der Waals surface area contributed by atoms with Crippen molar-refractivity contribution in [3.05, 3.63) is 24.7 Å². The molecule has 13 nitrogen and oxygen atoms in total. The highest BCUT2D eigenvalue weighted by Gasteiger charge is 2.48. The van der Waals surface area contributed by atoms with Crippen molar-refractivity contribution in [3.63, 3.8) is 0 Å². The van der Waals surface area contributed by atoms with Crippen LogP contribution in [0.4, 0.5) is 36.0 Å². The average molecular weight is 578 g/mol. The first-order valence-electron chi connectivity index (χ1n) is 13.8. The minimum atomic E-state index is -3.16. The lowest BCUT2D eigenvalue weighted by Crippen LogP contribution is -2.60. The Morgan fingerprint density at radius 2 is 2.00 bits per heavy atom. The third-order valence-electron chi connectivity index (χ3n) is 7.45. The highest BCUT2D eigenvalue weighted by molar-refractivity contribution is 5.88. The number of aromatic nitrogens is 4. The van der Waals surface area contributed by atoms with Gasteiger partial charge in [0.05, 0.1) is 19.0 Å². The Morgan fingerprint density at radius 1 is 1.20 bits per heavy atom. The number of piperidine rings is 2. The van der Waals surface area contributed by atoms with Gasteiger partial charge in [0.1, 0.15) is 18.0 Å². The van der Waals surface area contributed by atoms with Crippen LogP contribution in [0.2, 0.25) is 0 Å². The topological polar surface area (TPSA) is 147 Å². The standard InChI is InChI=1S/C26H37F2N9O4/c1-5-17-16(3)18(7-10-29-17)41-25(39)35-20-8-11-30-23(33-20)37-12-9-26(27,28)19(15-37)36(4)24(38)34-21-13-32-22(14-31-21)40-6-2/h8,11,13-14,16-19,29H,5-7,9-10,12,15H2,1-4H3,(H,31,34,38)(H,30,33,35,39)/t16-,17+,18?,19-/m0/s1. The molecule has 4 atom stereocenters. The van der Waals surface area contributed by atoms with E-state index in [4.69, 9.17) is 9.47 Å². The van der Waals surface area contributed by atoms with Crippen LogP contribution < -0.4 is 25.6 Å². The molecule has 2 aromatic heterocycles. The first-order chi connectivity index (χ1) is 19.6. The van der Waals surface area contributed by atoms with Crippen molar-refractivity contribution in [1.29, 1.82) is 0 Å². The number of amides is 3. The van der Waals surface area contributed by atoms with Gasteiger partial charge in [-0.3, -0.25) is 10.6 Å². The lowest BCUT2D eigenvalue weighted by Gasteiger charge is -2.42. The maximum atomic E-state index is 15.0. The average Bonchev–Trinajstić information content (AvgIpc) is 2.95. The molecule has 0 aromatic carbocycles. The molecule has 0 radical (unpaired) electrons. The van der Waals surface area contributed by atoms with Gasteiger partial charge < -0.3 is 24.6 Å². The van der Waals surface area contributed by atoms with Crippen molar-refractivity contribution in [2.45, 2.75) is 64.1 Å². The molecule has 2 aliphatic heterocycles. The summed E-state index contributed by atoms with van der Waals surface area (Å²) in [4.78, 5) is 44.6. The quantitative estimate of drug-likeness (QED) is 0.427. The Hall–Kier alpha value is -3.88. The van der Waals surface area contributed by atoms with Gasteiger partial charge in [-0.25, -0.2) is 33.3 Å². The van der Waals surface area contributed by atoms with Crippen molar-refractivity contribution in [3.8, 4) is 5.88 Å². The summed E-state index contributed by atoms with van der Waals surface area (Å²) < 4.78 is 40.9. The Bertz CT molecular complexity index is 1190. The summed E-state index contributed by atoms with van der Waals surface area (Å²) in [6.45, 7) is 6.82. The fraction of sp³-hybridized carbons (Fsp3) is 0.615. The molecule has 0 aliphatic carbocycles. The summed E-state index contributed by atoms with van der Waals surface area (Å²) in [5.41, 5.74) is 0. The van der Waals surface area contributed by atoms with E-state index in [0.29, 0.717) is 13.0 Å². The number of nitrogens with one attached hydrogen (secondary N) is 3. The third-order valence-corrected chi connectivity index (χ3v) is 7.45. The van der Waals surface area contributed by atoms with Crippen LogP contribution in [0.25, 0.3) is 0 Å². The second-order valence-corrected chi connectivity index (χ2v) is 10.1. The van der Waals surface area contributed by atoms with Crippen molar-refractivity contribution < 1.29 is 27.8 Å². The van der Waals surface area contributed by atoms with E-state index in [9.17, 15) is 18.4 Å². The highest BCUT2D eigenvalue weighted by atomic mass is 19.3. The first kappa shape index (κ1) is 30.1. The van der Waals surface area contributed by atoms with E-state index in [1.54, 1.807) is 11.8 Å². The molecule has 2 fully saturated rings. The summed E-state index contributed by atoms with van der Waals surface area (Å²) in [5.74, 6) is -2.29. The molecule has 2 aliphatic rings. The van der Waals surface area contributed by atoms with Crippen molar-refractivity contribution in [2.24, 2.45) is 5.92 Å². The molecule has 4 heterocycles. The fourth-order valence-corrected chi connectivity index (χ4v) is 5.06. The second-order valence-electron chi connectivity index (χ2n) is 10.1. The van der Waals surface area contributed by atoms with Crippen LogP contribution in [0.3, 0.4) is 0 Å². The van der Waals surface area contributed by atoms with Gasteiger partial charge in [0.2, 0.25) is 11.8 Å². The molecule has 0 saturated carbocycles. The highest BCUT2D eigenvalue weighted by Crippen LogP contribution is 2.33. The monoisotopic (exact) mass is 577 g/mol. The maximum absolute atomic E-state index is 15.0. The molecule has 15 heteroatoms. The van der Waals surface area contributed by atoms with Gasteiger partial charge in [0, 0.05) is 44.7 Å². The number of carbonyl (C=O) groups is 2. The van der Waals surface area contributed by atoms with E-state index in [0.717, 1.165) is 17.9 Å². The molecule has 2 saturated heterocycles. The van der Waals surface area contributed by atoms with Crippen molar-refractivity contribution in [2.75, 3.05) is 48.8 Å². The smallest absolute Gasteiger partial charge is 0.413 e. The molecule has 2 aromatic rings. The number of halogens is 2. The number of ether oxygens (including phenoxy) is 2. The summed E-state index contributed by atoms with van der Waals surface area (Å²) in [6.07, 6.45) is 4.29. The fourth-order valence-electron chi connectivity index (χ4n) is 5.06. The summed E-state index contributed by atoms with van der Waals surface area (Å²) in [5, 5.41) is 8.54. The molecule has 1 unspecified atom stereocenters. The minimum absolute atomic E-state index is 0.0395. The van der Waals surface area contributed by atoms with Crippen molar-refractivity contribution in [1.82, 2.24) is 30.2 Å². The molecule has 224 valence electrons. The van der Waals surface area contributed by atoms with Crippen molar-refractivity contribution >= 4 is 29.7 Å². The number of carbonyl (C=O) groups excluding carboxylic acids is 2. The summed E-state index contributed by atoms with van der Waals surface area (Å²) in [7, 11) is 1.29. The zero-order valence-electron chi connectivity index (χ0n) is 23.6. The van der Waals surface area contributed by atoms with Crippen LogP contribution in [0, 0.1) is 5.92 Å². The van der Waals surface area contributed by atoms with Crippen LogP contribution in [0.5, 0.6) is 5.88 Å². The van der Waals surface area contributed by atoms with E-state index < -0.39 is 30.5 Å². The van der Waals surface area contributed by atoms with Gasteiger partial charge in [-0.2, -0.15) is 4.98 Å². The van der Waals surface area contributed by atoms with E-state index in [-0.39, 0.29) is 54.6 Å². The van der Waals surface area contributed by atoms with Gasteiger partial charge in [-0.1, -0.05) is 13.8 Å². The predicted molar refractivity (Wildman–Crippen MR) is 147 cm³/mol.